The first-order chi connectivity index (χ1) is 10.7. The third-order valence-corrected chi connectivity index (χ3v) is 3.57. The number of rotatable bonds is 4. The molecule has 0 bridgehead atoms. The van der Waals surface area contributed by atoms with E-state index in [2.05, 4.69) is 5.16 Å². The second-order valence-electron chi connectivity index (χ2n) is 4.87. The third-order valence-electron chi connectivity index (χ3n) is 3.57. The monoisotopic (exact) mass is 298 g/mol. The van der Waals surface area contributed by atoms with E-state index in [0.29, 0.717) is 17.0 Å². The maximum Gasteiger partial charge on any atom is 0.301 e. The molecule has 0 aliphatic carbocycles. The molecule has 0 radical (unpaired) electrons. The van der Waals surface area contributed by atoms with E-state index in [9.17, 15) is 10.1 Å². The van der Waals surface area contributed by atoms with Gasteiger partial charge in [-0.1, -0.05) is 35.5 Å². The third kappa shape index (κ3) is 2.50. The van der Waals surface area contributed by atoms with Crippen LogP contribution in [0, 0.1) is 10.1 Å². The summed E-state index contributed by atoms with van der Waals surface area (Å²) in [6, 6.07) is 15.0. The highest BCUT2D eigenvalue weighted by atomic mass is 16.7. The summed E-state index contributed by atoms with van der Waals surface area (Å²) in [5.41, 5.74) is 1.71. The van der Waals surface area contributed by atoms with E-state index in [1.165, 1.54) is 0 Å². The Morgan fingerprint density at radius 3 is 2.41 bits per heavy atom. The van der Waals surface area contributed by atoms with Crippen LogP contribution in [0.15, 0.2) is 59.8 Å². The molecule has 6 nitrogen and oxygen atoms in total. The lowest BCUT2D eigenvalue weighted by atomic mass is 9.95. The van der Waals surface area contributed by atoms with Crippen molar-refractivity contribution in [3.05, 3.63) is 75.8 Å². The Bertz CT molecular complexity index is 698. The second-order valence-corrected chi connectivity index (χ2v) is 4.87. The van der Waals surface area contributed by atoms with E-state index in [1.807, 2.05) is 18.2 Å². The standard InChI is InChI=1S/C16H14N2O4/c1-21-13-9-7-11(8-10-13)14-15(18(19)20)16(22-17-14)12-5-3-2-4-6-12/h2-10,15-16H,1H3/t15-,16+/m1/s1. The van der Waals surface area contributed by atoms with Crippen molar-refractivity contribution in [2.75, 3.05) is 7.11 Å². The van der Waals surface area contributed by atoms with Gasteiger partial charge in [-0.15, -0.1) is 0 Å². The van der Waals surface area contributed by atoms with Crippen molar-refractivity contribution in [3.63, 3.8) is 0 Å². The Morgan fingerprint density at radius 2 is 1.82 bits per heavy atom. The number of hydrogen-bond donors (Lipinski definition) is 0. The summed E-state index contributed by atoms with van der Waals surface area (Å²) in [5.74, 6) is 0.681. The average molecular weight is 298 g/mol. The quantitative estimate of drug-likeness (QED) is 0.642. The van der Waals surface area contributed by atoms with Crippen molar-refractivity contribution in [1.82, 2.24) is 0 Å². The van der Waals surface area contributed by atoms with Crippen LogP contribution in [0.3, 0.4) is 0 Å². The van der Waals surface area contributed by atoms with Crippen molar-refractivity contribution < 1.29 is 14.5 Å². The molecule has 1 aliphatic rings. The maximum atomic E-state index is 11.5. The molecule has 0 unspecified atom stereocenters. The molecule has 0 saturated heterocycles. The molecule has 1 aliphatic heterocycles. The van der Waals surface area contributed by atoms with Gasteiger partial charge in [0.05, 0.1) is 7.11 Å². The Kier molecular flexibility index (Phi) is 3.74. The number of ether oxygens (including phenoxy) is 1. The molecule has 0 fully saturated rings. The van der Waals surface area contributed by atoms with Crippen molar-refractivity contribution >= 4 is 5.71 Å². The van der Waals surface area contributed by atoms with E-state index >= 15 is 0 Å². The minimum atomic E-state index is -1.03. The van der Waals surface area contributed by atoms with Gasteiger partial charge in [0, 0.05) is 16.1 Å². The lowest BCUT2D eigenvalue weighted by Gasteiger charge is -2.12. The minimum Gasteiger partial charge on any atom is -0.497 e. The molecule has 0 amide bonds. The molecule has 2 aromatic rings. The number of benzene rings is 2. The SMILES string of the molecule is COc1ccc(C2=NO[C@@H](c3ccccc3)[C@@H]2[N+](=O)[O-])cc1. The van der Waals surface area contributed by atoms with Gasteiger partial charge in [-0.05, 0) is 24.3 Å². The number of methoxy groups -OCH3 is 1. The van der Waals surface area contributed by atoms with Crippen LogP contribution in [-0.2, 0) is 4.84 Å². The fourth-order valence-electron chi connectivity index (χ4n) is 2.45. The first-order valence-corrected chi connectivity index (χ1v) is 6.77. The fourth-order valence-corrected chi connectivity index (χ4v) is 2.45. The summed E-state index contributed by atoms with van der Waals surface area (Å²) in [6.07, 6.45) is -0.715. The van der Waals surface area contributed by atoms with Gasteiger partial charge in [0.1, 0.15) is 5.75 Å². The molecule has 3 rings (SSSR count). The number of nitrogens with zero attached hydrogens (tertiary/aromatic N) is 2. The molecule has 112 valence electrons. The lowest BCUT2D eigenvalue weighted by molar-refractivity contribution is -0.512. The van der Waals surface area contributed by atoms with Gasteiger partial charge in [-0.2, -0.15) is 0 Å². The molecule has 22 heavy (non-hydrogen) atoms. The molecule has 2 aromatic carbocycles. The lowest BCUT2D eigenvalue weighted by Crippen LogP contribution is -2.32. The van der Waals surface area contributed by atoms with Crippen molar-refractivity contribution in [3.8, 4) is 5.75 Å². The molecule has 0 N–H and O–H groups in total. The molecule has 1 heterocycles. The van der Waals surface area contributed by atoms with Crippen LogP contribution in [0.25, 0.3) is 0 Å². The van der Waals surface area contributed by atoms with Crippen LogP contribution in [0.1, 0.15) is 17.2 Å². The van der Waals surface area contributed by atoms with Crippen LogP contribution in [0.5, 0.6) is 5.75 Å². The highest BCUT2D eigenvalue weighted by molar-refractivity contribution is 6.04. The summed E-state index contributed by atoms with van der Waals surface area (Å²) in [6.45, 7) is 0. The zero-order valence-electron chi connectivity index (χ0n) is 11.9. The zero-order valence-corrected chi connectivity index (χ0v) is 11.9. The minimum absolute atomic E-state index is 0.321. The molecule has 2 atom stereocenters. The van der Waals surface area contributed by atoms with Crippen LogP contribution in [0.4, 0.5) is 0 Å². The molecule has 0 saturated carbocycles. The van der Waals surface area contributed by atoms with E-state index in [-0.39, 0.29) is 4.92 Å². The predicted octanol–water partition coefficient (Wildman–Crippen LogP) is 2.82. The zero-order chi connectivity index (χ0) is 15.5. The smallest absolute Gasteiger partial charge is 0.301 e. The molecule has 6 heteroatoms. The van der Waals surface area contributed by atoms with Crippen LogP contribution < -0.4 is 4.74 Å². The Labute approximate surface area is 127 Å². The average Bonchev–Trinajstić information content (AvgIpc) is 3.01. The highest BCUT2D eigenvalue weighted by Gasteiger charge is 2.45. The Balaban J connectivity index is 1.93. The summed E-state index contributed by atoms with van der Waals surface area (Å²) >= 11 is 0. The van der Waals surface area contributed by atoms with Crippen LogP contribution in [-0.4, -0.2) is 23.8 Å². The van der Waals surface area contributed by atoms with E-state index in [4.69, 9.17) is 9.57 Å². The largest absolute Gasteiger partial charge is 0.497 e. The van der Waals surface area contributed by atoms with Crippen LogP contribution >= 0.6 is 0 Å². The highest BCUT2D eigenvalue weighted by Crippen LogP contribution is 2.32. The number of oxime groups is 1. The first kappa shape index (κ1) is 14.1. The van der Waals surface area contributed by atoms with Crippen molar-refractivity contribution in [1.29, 1.82) is 0 Å². The van der Waals surface area contributed by atoms with Crippen molar-refractivity contribution in [2.24, 2.45) is 5.16 Å². The molecular formula is C16H14N2O4. The fraction of sp³-hybridized carbons (Fsp3) is 0.188. The van der Waals surface area contributed by atoms with E-state index < -0.39 is 12.1 Å². The topological polar surface area (TPSA) is 74.0 Å². The van der Waals surface area contributed by atoms with Gasteiger partial charge < -0.3 is 9.57 Å². The number of nitro groups is 1. The van der Waals surface area contributed by atoms with Gasteiger partial charge in [0.15, 0.2) is 5.71 Å². The normalized spacial score (nSPS) is 20.1. The summed E-state index contributed by atoms with van der Waals surface area (Å²) < 4.78 is 5.09. The van der Waals surface area contributed by atoms with E-state index in [0.717, 1.165) is 5.56 Å². The number of hydrogen-bond acceptors (Lipinski definition) is 5. The van der Waals surface area contributed by atoms with Gasteiger partial charge in [0.25, 0.3) is 0 Å². The summed E-state index contributed by atoms with van der Waals surface area (Å²) in [5, 5.41) is 15.5. The first-order valence-electron chi connectivity index (χ1n) is 6.77. The molecule has 0 aromatic heterocycles. The summed E-state index contributed by atoms with van der Waals surface area (Å²) in [4.78, 5) is 16.5. The predicted molar refractivity (Wildman–Crippen MR) is 80.6 cm³/mol. The van der Waals surface area contributed by atoms with Crippen molar-refractivity contribution in [2.45, 2.75) is 12.1 Å². The summed E-state index contributed by atoms with van der Waals surface area (Å²) in [7, 11) is 1.57. The molecular weight excluding hydrogens is 284 g/mol. The van der Waals surface area contributed by atoms with Crippen LogP contribution in [0.2, 0.25) is 0 Å². The Morgan fingerprint density at radius 1 is 1.14 bits per heavy atom. The van der Waals surface area contributed by atoms with Gasteiger partial charge in [-0.3, -0.25) is 10.1 Å². The van der Waals surface area contributed by atoms with Gasteiger partial charge in [0.2, 0.25) is 6.10 Å². The Hall–Kier alpha value is -2.89. The maximum absolute atomic E-state index is 11.5. The van der Waals surface area contributed by atoms with E-state index in [1.54, 1.807) is 43.5 Å². The molecule has 0 spiro atoms. The van der Waals surface area contributed by atoms with Gasteiger partial charge >= 0.3 is 6.04 Å². The van der Waals surface area contributed by atoms with Gasteiger partial charge in [-0.25, -0.2) is 0 Å². The second kappa shape index (κ2) is 5.85.